The van der Waals surface area contributed by atoms with Crippen LogP contribution in [0.1, 0.15) is 32.3 Å². The van der Waals surface area contributed by atoms with Gasteiger partial charge in [0.05, 0.1) is 12.8 Å². The van der Waals surface area contributed by atoms with E-state index in [9.17, 15) is 0 Å². The molecule has 0 spiro atoms. The zero-order valence-corrected chi connectivity index (χ0v) is 14.4. The van der Waals surface area contributed by atoms with Crippen molar-refractivity contribution in [1.82, 2.24) is 10.2 Å². The maximum absolute atomic E-state index is 5.66. The number of anilines is 1. The normalized spacial score (nSPS) is 15.4. The third-order valence-electron chi connectivity index (χ3n) is 4.19. The van der Waals surface area contributed by atoms with Gasteiger partial charge in [-0.3, -0.25) is 4.90 Å². The number of nitrogens with one attached hydrogen (secondary N) is 1. The summed E-state index contributed by atoms with van der Waals surface area (Å²) in [6, 6.07) is 6.71. The van der Waals surface area contributed by atoms with Crippen molar-refractivity contribution in [3.05, 3.63) is 23.8 Å². The van der Waals surface area contributed by atoms with Crippen molar-refractivity contribution in [2.45, 2.75) is 33.2 Å². The van der Waals surface area contributed by atoms with Crippen LogP contribution >= 0.6 is 0 Å². The van der Waals surface area contributed by atoms with Crippen LogP contribution in [0.5, 0.6) is 5.75 Å². The van der Waals surface area contributed by atoms with Gasteiger partial charge in [-0.15, -0.1) is 0 Å². The average Bonchev–Trinajstić information content (AvgIpc) is 2.56. The summed E-state index contributed by atoms with van der Waals surface area (Å²) in [6.45, 7) is 12.0. The minimum Gasteiger partial charge on any atom is -0.495 e. The highest BCUT2D eigenvalue weighted by molar-refractivity contribution is 5.60. The molecule has 4 heteroatoms. The van der Waals surface area contributed by atoms with Crippen molar-refractivity contribution in [2.75, 3.05) is 51.3 Å². The van der Waals surface area contributed by atoms with Gasteiger partial charge in [-0.1, -0.05) is 19.9 Å². The quantitative estimate of drug-likeness (QED) is 0.799. The molecule has 0 amide bonds. The van der Waals surface area contributed by atoms with Crippen LogP contribution in [0.4, 0.5) is 5.69 Å². The fraction of sp³-hybridized carbons (Fsp3) is 0.667. The Morgan fingerprint density at radius 1 is 1.14 bits per heavy atom. The van der Waals surface area contributed by atoms with E-state index in [1.54, 1.807) is 7.11 Å². The minimum absolute atomic E-state index is 1.01. The fourth-order valence-corrected chi connectivity index (χ4v) is 3.15. The van der Waals surface area contributed by atoms with Gasteiger partial charge in [-0.2, -0.15) is 0 Å². The predicted molar refractivity (Wildman–Crippen MR) is 93.9 cm³/mol. The lowest BCUT2D eigenvalue weighted by atomic mass is 10.1. The third-order valence-corrected chi connectivity index (χ3v) is 4.19. The Morgan fingerprint density at radius 3 is 2.41 bits per heavy atom. The smallest absolute Gasteiger partial charge is 0.142 e. The second-order valence-electron chi connectivity index (χ2n) is 6.02. The van der Waals surface area contributed by atoms with Gasteiger partial charge in [0.2, 0.25) is 0 Å². The molecule has 1 N–H and O–H groups in total. The lowest BCUT2D eigenvalue weighted by Crippen LogP contribution is -2.43. The minimum atomic E-state index is 1.01. The Balaban J connectivity index is 2.10. The van der Waals surface area contributed by atoms with Crippen LogP contribution in [0.2, 0.25) is 0 Å². The zero-order valence-electron chi connectivity index (χ0n) is 14.4. The number of methoxy groups -OCH3 is 1. The van der Waals surface area contributed by atoms with Crippen LogP contribution < -0.4 is 15.0 Å². The summed E-state index contributed by atoms with van der Waals surface area (Å²) in [4.78, 5) is 4.94. The van der Waals surface area contributed by atoms with Gasteiger partial charge in [-0.05, 0) is 43.6 Å². The van der Waals surface area contributed by atoms with E-state index >= 15 is 0 Å². The molecule has 124 valence electrons. The summed E-state index contributed by atoms with van der Waals surface area (Å²) in [6.07, 6.45) is 2.41. The monoisotopic (exact) mass is 305 g/mol. The van der Waals surface area contributed by atoms with E-state index in [-0.39, 0.29) is 0 Å². The zero-order chi connectivity index (χ0) is 15.8. The summed E-state index contributed by atoms with van der Waals surface area (Å²) in [7, 11) is 1.78. The molecule has 0 bridgehead atoms. The lowest BCUT2D eigenvalue weighted by molar-refractivity contribution is 0.266. The van der Waals surface area contributed by atoms with Crippen molar-refractivity contribution in [1.29, 1.82) is 0 Å². The highest BCUT2D eigenvalue weighted by Crippen LogP contribution is 2.30. The molecule has 1 aliphatic rings. The molecule has 0 atom stereocenters. The fourth-order valence-electron chi connectivity index (χ4n) is 3.15. The van der Waals surface area contributed by atoms with Crippen molar-refractivity contribution >= 4 is 5.69 Å². The Hall–Kier alpha value is -1.26. The van der Waals surface area contributed by atoms with Crippen molar-refractivity contribution in [3.63, 3.8) is 0 Å². The molecule has 1 aromatic carbocycles. The molecular formula is C18H31N3O. The van der Waals surface area contributed by atoms with Crippen LogP contribution in [-0.4, -0.2) is 51.3 Å². The second kappa shape index (κ2) is 9.01. The maximum Gasteiger partial charge on any atom is 0.142 e. The number of rotatable bonds is 8. The molecular weight excluding hydrogens is 274 g/mol. The molecule has 1 aromatic rings. The summed E-state index contributed by atoms with van der Waals surface area (Å²) in [5.74, 6) is 1.01. The molecule has 1 heterocycles. The van der Waals surface area contributed by atoms with Crippen LogP contribution in [0.15, 0.2) is 18.2 Å². The molecule has 22 heavy (non-hydrogen) atoms. The Morgan fingerprint density at radius 2 is 1.82 bits per heavy atom. The first kappa shape index (κ1) is 17.1. The van der Waals surface area contributed by atoms with Crippen molar-refractivity contribution < 1.29 is 4.74 Å². The topological polar surface area (TPSA) is 27.7 Å². The van der Waals surface area contributed by atoms with E-state index in [1.807, 2.05) is 0 Å². The van der Waals surface area contributed by atoms with Gasteiger partial charge in [0.25, 0.3) is 0 Å². The molecule has 1 aliphatic heterocycles. The lowest BCUT2D eigenvalue weighted by Gasteiger charge is -2.31. The van der Waals surface area contributed by atoms with E-state index in [2.05, 4.69) is 47.2 Å². The van der Waals surface area contributed by atoms with Gasteiger partial charge >= 0.3 is 0 Å². The van der Waals surface area contributed by atoms with E-state index in [0.717, 1.165) is 51.6 Å². The van der Waals surface area contributed by atoms with E-state index in [0.29, 0.717) is 0 Å². The molecule has 0 aromatic heterocycles. The first-order chi connectivity index (χ1) is 10.8. The van der Waals surface area contributed by atoms with Crippen LogP contribution in [-0.2, 0) is 6.54 Å². The second-order valence-corrected chi connectivity index (χ2v) is 6.02. The van der Waals surface area contributed by atoms with Gasteiger partial charge in [-0.25, -0.2) is 0 Å². The number of nitrogens with zero attached hydrogens (tertiary/aromatic N) is 2. The molecule has 1 fully saturated rings. The molecule has 4 nitrogen and oxygen atoms in total. The van der Waals surface area contributed by atoms with Gasteiger partial charge in [0.15, 0.2) is 0 Å². The van der Waals surface area contributed by atoms with Gasteiger partial charge in [0, 0.05) is 32.7 Å². The molecule has 2 rings (SSSR count). The number of piperazine rings is 1. The molecule has 0 saturated carbocycles. The van der Waals surface area contributed by atoms with Crippen molar-refractivity contribution in [2.24, 2.45) is 0 Å². The van der Waals surface area contributed by atoms with E-state index in [4.69, 9.17) is 4.74 Å². The molecule has 0 aliphatic carbocycles. The Bertz CT molecular complexity index is 438. The first-order valence-corrected chi connectivity index (χ1v) is 8.63. The summed E-state index contributed by atoms with van der Waals surface area (Å²) in [5, 5.41) is 3.40. The molecule has 0 radical (unpaired) electrons. The van der Waals surface area contributed by atoms with Gasteiger partial charge < -0.3 is 15.0 Å². The van der Waals surface area contributed by atoms with E-state index in [1.165, 1.54) is 24.1 Å². The van der Waals surface area contributed by atoms with Crippen LogP contribution in [0.3, 0.4) is 0 Å². The highest BCUT2D eigenvalue weighted by Gasteiger charge is 2.15. The number of hydrogen-bond acceptors (Lipinski definition) is 4. The van der Waals surface area contributed by atoms with Crippen LogP contribution in [0, 0.1) is 0 Å². The van der Waals surface area contributed by atoms with Gasteiger partial charge in [0.1, 0.15) is 5.75 Å². The summed E-state index contributed by atoms with van der Waals surface area (Å²) in [5.41, 5.74) is 2.57. The summed E-state index contributed by atoms with van der Waals surface area (Å²) >= 11 is 0. The largest absolute Gasteiger partial charge is 0.495 e. The Kier molecular flexibility index (Phi) is 7.00. The Labute approximate surface area is 135 Å². The maximum atomic E-state index is 5.66. The number of ether oxygens (including phenoxy) is 1. The third kappa shape index (κ3) is 4.62. The number of benzene rings is 1. The average molecular weight is 305 g/mol. The first-order valence-electron chi connectivity index (χ1n) is 8.63. The van der Waals surface area contributed by atoms with Crippen LogP contribution in [0.25, 0.3) is 0 Å². The predicted octanol–water partition coefficient (Wildman–Crippen LogP) is 2.73. The van der Waals surface area contributed by atoms with Crippen molar-refractivity contribution in [3.8, 4) is 5.75 Å². The molecule has 1 saturated heterocycles. The molecule has 0 unspecified atom stereocenters. The van der Waals surface area contributed by atoms with E-state index < -0.39 is 0 Å². The SMILES string of the molecule is CCCN(CCC)Cc1ccc(N2CCNCC2)c(OC)c1. The standard InChI is InChI=1S/C18H31N3O/c1-4-10-20(11-5-2)15-16-6-7-17(18(14-16)22-3)21-12-8-19-9-13-21/h6-7,14,19H,4-5,8-13,15H2,1-3H3. The highest BCUT2D eigenvalue weighted by atomic mass is 16.5. The number of hydrogen-bond donors (Lipinski definition) is 1. The summed E-state index contributed by atoms with van der Waals surface area (Å²) < 4.78 is 5.66.